The first kappa shape index (κ1) is 19.3. The maximum atomic E-state index is 13.0. The van der Waals surface area contributed by atoms with Gasteiger partial charge in [-0.1, -0.05) is 84.6 Å². The molecule has 3 aromatic carbocycles. The largest absolute Gasteiger partial charge is 0.408 e. The molecule has 0 aliphatic heterocycles. The summed E-state index contributed by atoms with van der Waals surface area (Å²) in [5.41, 5.74) is 2.97. The fraction of sp³-hybridized carbons (Fsp3) is 0.167. The van der Waals surface area contributed by atoms with Crippen molar-refractivity contribution in [2.45, 2.75) is 18.0 Å². The molecule has 1 aromatic heterocycles. The third-order valence-electron chi connectivity index (χ3n) is 4.63. The molecule has 0 saturated heterocycles. The molecule has 0 radical (unpaired) electrons. The number of hydrogen-bond donors (Lipinski definition) is 0. The minimum Gasteiger partial charge on any atom is -0.408 e. The van der Waals surface area contributed by atoms with Gasteiger partial charge in [-0.2, -0.15) is 0 Å². The van der Waals surface area contributed by atoms with Gasteiger partial charge in [0.15, 0.2) is 0 Å². The predicted molar refractivity (Wildman–Crippen MR) is 118 cm³/mol. The summed E-state index contributed by atoms with van der Waals surface area (Å²) in [6.45, 7) is 0.413. The second-order valence-corrected chi connectivity index (χ2v) is 7.73. The van der Waals surface area contributed by atoms with Crippen LogP contribution in [0, 0.1) is 0 Å². The Labute approximate surface area is 174 Å². The maximum Gasteiger partial charge on any atom is 0.295 e. The van der Waals surface area contributed by atoms with E-state index in [9.17, 15) is 4.79 Å². The van der Waals surface area contributed by atoms with Gasteiger partial charge in [-0.25, -0.2) is 4.98 Å². The lowest BCUT2D eigenvalue weighted by Gasteiger charge is -2.14. The summed E-state index contributed by atoms with van der Waals surface area (Å²) in [5, 5.41) is 1.16. The molecule has 0 aliphatic carbocycles. The molecule has 0 aliphatic rings. The maximum absolute atomic E-state index is 13.0. The number of benzene rings is 3. The highest BCUT2D eigenvalue weighted by atomic mass is 32.2. The van der Waals surface area contributed by atoms with Crippen molar-refractivity contribution in [3.8, 4) is 0 Å². The van der Waals surface area contributed by atoms with Gasteiger partial charge in [0.1, 0.15) is 6.61 Å². The molecule has 0 bridgehead atoms. The fourth-order valence-corrected chi connectivity index (χ4v) is 4.04. The fourth-order valence-electron chi connectivity index (χ4n) is 3.11. The molecule has 4 aromatic rings. The highest BCUT2D eigenvalue weighted by molar-refractivity contribution is 7.99. The SMILES string of the molecule is O=c1c2ccccc2nc(SCCc2ccccc2)n1OCCc1ccccc1. The Bertz CT molecular complexity index is 1130. The van der Waals surface area contributed by atoms with Gasteiger partial charge >= 0.3 is 0 Å². The van der Waals surface area contributed by atoms with E-state index in [1.807, 2.05) is 54.6 Å². The van der Waals surface area contributed by atoms with Crippen molar-refractivity contribution in [1.82, 2.24) is 9.71 Å². The molecular formula is C24H22N2O2S. The minimum absolute atomic E-state index is 0.161. The molecule has 1 heterocycles. The molecule has 146 valence electrons. The van der Waals surface area contributed by atoms with Gasteiger partial charge in [0.2, 0.25) is 5.16 Å². The minimum atomic E-state index is -0.161. The molecule has 0 spiro atoms. The molecule has 0 amide bonds. The van der Waals surface area contributed by atoms with Gasteiger partial charge < -0.3 is 4.84 Å². The first-order valence-electron chi connectivity index (χ1n) is 9.67. The molecule has 0 N–H and O–H groups in total. The van der Waals surface area contributed by atoms with Crippen LogP contribution in [0.5, 0.6) is 0 Å². The first-order valence-corrected chi connectivity index (χ1v) is 10.7. The van der Waals surface area contributed by atoms with Crippen molar-refractivity contribution in [3.63, 3.8) is 0 Å². The molecule has 4 nitrogen and oxygen atoms in total. The van der Waals surface area contributed by atoms with Crippen molar-refractivity contribution >= 4 is 22.7 Å². The molecule has 29 heavy (non-hydrogen) atoms. The predicted octanol–water partition coefficient (Wildman–Crippen LogP) is 4.40. The lowest BCUT2D eigenvalue weighted by Crippen LogP contribution is -2.30. The van der Waals surface area contributed by atoms with Crippen LogP contribution in [0.25, 0.3) is 10.9 Å². The lowest BCUT2D eigenvalue weighted by molar-refractivity contribution is 0.0827. The highest BCUT2D eigenvalue weighted by Crippen LogP contribution is 2.18. The van der Waals surface area contributed by atoms with E-state index < -0.39 is 0 Å². The van der Waals surface area contributed by atoms with Crippen LogP contribution >= 0.6 is 11.8 Å². The number of aromatic nitrogens is 2. The van der Waals surface area contributed by atoms with E-state index in [1.54, 1.807) is 17.8 Å². The topological polar surface area (TPSA) is 44.1 Å². The Morgan fingerprint density at radius 1 is 0.793 bits per heavy atom. The van der Waals surface area contributed by atoms with Gasteiger partial charge in [-0.05, 0) is 29.7 Å². The normalized spacial score (nSPS) is 10.9. The molecule has 0 fully saturated rings. The number of rotatable bonds is 8. The summed E-state index contributed by atoms with van der Waals surface area (Å²) in [5.74, 6) is 0.816. The third-order valence-corrected chi connectivity index (χ3v) is 5.55. The van der Waals surface area contributed by atoms with E-state index in [0.717, 1.165) is 18.6 Å². The van der Waals surface area contributed by atoms with Crippen LogP contribution in [0.4, 0.5) is 0 Å². The third kappa shape index (κ3) is 4.87. The van der Waals surface area contributed by atoms with Crippen molar-refractivity contribution < 1.29 is 4.84 Å². The van der Waals surface area contributed by atoms with Crippen LogP contribution < -0.4 is 10.4 Å². The van der Waals surface area contributed by atoms with E-state index in [2.05, 4.69) is 24.3 Å². The molecule has 0 saturated carbocycles. The summed E-state index contributed by atoms with van der Waals surface area (Å²) in [7, 11) is 0. The zero-order valence-electron chi connectivity index (χ0n) is 16.0. The number of hydrogen-bond acceptors (Lipinski definition) is 4. The van der Waals surface area contributed by atoms with Crippen LogP contribution in [0.1, 0.15) is 11.1 Å². The van der Waals surface area contributed by atoms with E-state index in [-0.39, 0.29) is 5.56 Å². The summed E-state index contributed by atoms with van der Waals surface area (Å²) < 4.78 is 1.36. The van der Waals surface area contributed by atoms with E-state index in [0.29, 0.717) is 22.7 Å². The van der Waals surface area contributed by atoms with Gasteiger partial charge in [-0.3, -0.25) is 4.79 Å². The van der Waals surface area contributed by atoms with Gasteiger partial charge in [0.25, 0.3) is 5.56 Å². The number of fused-ring (bicyclic) bond motifs is 1. The highest BCUT2D eigenvalue weighted by Gasteiger charge is 2.13. The molecule has 0 atom stereocenters. The van der Waals surface area contributed by atoms with E-state index in [4.69, 9.17) is 9.82 Å². The number of aryl methyl sites for hydroxylation is 1. The molecule has 5 heteroatoms. The Kier molecular flexibility index (Phi) is 6.27. The summed E-state index contributed by atoms with van der Waals surface area (Å²) in [4.78, 5) is 23.6. The second kappa shape index (κ2) is 9.43. The Hall–Kier alpha value is -3.05. The van der Waals surface area contributed by atoms with Crippen LogP contribution in [0.2, 0.25) is 0 Å². The standard InChI is InChI=1S/C24H22N2O2S/c27-23-21-13-7-8-14-22(21)25-24(29-18-16-20-11-5-2-6-12-20)26(23)28-17-15-19-9-3-1-4-10-19/h1-14H,15-18H2. The van der Waals surface area contributed by atoms with Crippen LogP contribution in [0.15, 0.2) is 94.9 Å². The Morgan fingerprint density at radius 2 is 1.41 bits per heavy atom. The summed E-state index contributed by atoms with van der Waals surface area (Å²) in [6.07, 6.45) is 1.63. The van der Waals surface area contributed by atoms with Crippen molar-refractivity contribution in [2.75, 3.05) is 12.4 Å². The van der Waals surface area contributed by atoms with Crippen LogP contribution in [-0.4, -0.2) is 22.1 Å². The quantitative estimate of drug-likeness (QED) is 0.324. The van der Waals surface area contributed by atoms with Crippen LogP contribution in [-0.2, 0) is 12.8 Å². The number of nitrogens with zero attached hydrogens (tertiary/aromatic N) is 2. The van der Waals surface area contributed by atoms with E-state index in [1.165, 1.54) is 15.9 Å². The average Bonchev–Trinajstić information content (AvgIpc) is 2.77. The van der Waals surface area contributed by atoms with Crippen molar-refractivity contribution in [3.05, 3.63) is 106 Å². The molecule has 0 unspecified atom stereocenters. The Morgan fingerprint density at radius 3 is 2.14 bits per heavy atom. The zero-order valence-corrected chi connectivity index (χ0v) is 16.8. The average molecular weight is 403 g/mol. The zero-order chi connectivity index (χ0) is 19.9. The van der Waals surface area contributed by atoms with Crippen molar-refractivity contribution in [2.24, 2.45) is 0 Å². The van der Waals surface area contributed by atoms with Gasteiger partial charge in [-0.15, -0.1) is 4.73 Å². The smallest absolute Gasteiger partial charge is 0.295 e. The van der Waals surface area contributed by atoms with Gasteiger partial charge in [0.05, 0.1) is 10.9 Å². The van der Waals surface area contributed by atoms with E-state index >= 15 is 0 Å². The molecular weight excluding hydrogens is 380 g/mol. The monoisotopic (exact) mass is 402 g/mol. The Balaban J connectivity index is 1.53. The van der Waals surface area contributed by atoms with Crippen molar-refractivity contribution in [1.29, 1.82) is 0 Å². The first-order chi connectivity index (χ1) is 14.3. The summed E-state index contributed by atoms with van der Waals surface area (Å²) >= 11 is 1.54. The number of para-hydroxylation sites is 1. The molecule has 4 rings (SSSR count). The number of thioether (sulfide) groups is 1. The lowest BCUT2D eigenvalue weighted by atomic mass is 10.2. The van der Waals surface area contributed by atoms with Gasteiger partial charge in [0, 0.05) is 12.2 Å². The second-order valence-electron chi connectivity index (χ2n) is 6.66. The van der Waals surface area contributed by atoms with Crippen LogP contribution in [0.3, 0.4) is 0 Å². The summed E-state index contributed by atoms with van der Waals surface area (Å²) in [6, 6.07) is 27.8.